The summed E-state index contributed by atoms with van der Waals surface area (Å²) in [5.41, 5.74) is 1.95. The fraction of sp³-hybridized carbons (Fsp3) is 0.158. The van der Waals surface area contributed by atoms with Gasteiger partial charge >= 0.3 is 0 Å². The summed E-state index contributed by atoms with van der Waals surface area (Å²) >= 11 is 11.9. The Morgan fingerprint density at radius 2 is 1.66 bits per heavy atom. The zero-order valence-electron chi connectivity index (χ0n) is 15.7. The summed E-state index contributed by atoms with van der Waals surface area (Å²) in [5.74, 6) is 1.17. The van der Waals surface area contributed by atoms with Gasteiger partial charge in [0.25, 0.3) is 10.0 Å². The number of aryl methyl sites for hydroxylation is 1. The van der Waals surface area contributed by atoms with E-state index in [4.69, 9.17) is 23.2 Å². The number of hydrogen-bond donors (Lipinski definition) is 3. The van der Waals surface area contributed by atoms with Crippen LogP contribution in [0.2, 0.25) is 10.0 Å². The van der Waals surface area contributed by atoms with E-state index >= 15 is 0 Å². The second kappa shape index (κ2) is 8.86. The Kier molecular flexibility index (Phi) is 6.46. The Labute approximate surface area is 179 Å². The van der Waals surface area contributed by atoms with Gasteiger partial charge in [-0.2, -0.15) is 4.98 Å². The molecule has 0 aliphatic heterocycles. The summed E-state index contributed by atoms with van der Waals surface area (Å²) in [7, 11) is -3.87. The van der Waals surface area contributed by atoms with Crippen molar-refractivity contribution in [1.29, 1.82) is 0 Å². The van der Waals surface area contributed by atoms with Crippen molar-refractivity contribution in [2.45, 2.75) is 18.7 Å². The van der Waals surface area contributed by atoms with E-state index < -0.39 is 10.0 Å². The molecule has 2 aromatic carbocycles. The van der Waals surface area contributed by atoms with E-state index in [-0.39, 0.29) is 14.9 Å². The van der Waals surface area contributed by atoms with E-state index in [9.17, 15) is 8.42 Å². The lowest BCUT2D eigenvalue weighted by molar-refractivity contribution is 0.601. The Bertz CT molecular complexity index is 1120. The smallest absolute Gasteiger partial charge is 0.263 e. The Hall–Kier alpha value is -2.55. The van der Waals surface area contributed by atoms with Crippen LogP contribution in [0.5, 0.6) is 0 Å². The highest BCUT2D eigenvalue weighted by molar-refractivity contribution is 7.92. The molecule has 0 saturated carbocycles. The molecule has 3 aromatic rings. The molecule has 152 valence electrons. The third kappa shape index (κ3) is 5.50. The molecular weight excluding hydrogens is 433 g/mol. The van der Waals surface area contributed by atoms with Crippen molar-refractivity contribution in [1.82, 2.24) is 9.97 Å². The van der Waals surface area contributed by atoms with Crippen molar-refractivity contribution >= 4 is 56.4 Å². The maximum absolute atomic E-state index is 12.6. The van der Waals surface area contributed by atoms with Crippen molar-refractivity contribution in [3.05, 3.63) is 64.3 Å². The van der Waals surface area contributed by atoms with Crippen LogP contribution in [0.25, 0.3) is 0 Å². The van der Waals surface area contributed by atoms with Crippen LogP contribution in [0, 0.1) is 6.92 Å². The molecule has 0 unspecified atom stereocenters. The number of anilines is 4. The Morgan fingerprint density at radius 1 is 0.966 bits per heavy atom. The number of rotatable bonds is 7. The first-order chi connectivity index (χ1) is 13.8. The van der Waals surface area contributed by atoms with Crippen LogP contribution in [0.4, 0.5) is 23.1 Å². The summed E-state index contributed by atoms with van der Waals surface area (Å²) in [5, 5.41) is 6.63. The predicted octanol–water partition coefficient (Wildman–Crippen LogP) is 5.07. The second-order valence-electron chi connectivity index (χ2n) is 6.13. The monoisotopic (exact) mass is 451 g/mol. The molecule has 0 aliphatic rings. The van der Waals surface area contributed by atoms with Crippen molar-refractivity contribution in [2.75, 3.05) is 21.9 Å². The predicted molar refractivity (Wildman–Crippen MR) is 118 cm³/mol. The molecule has 0 radical (unpaired) electrons. The first-order valence-corrected chi connectivity index (χ1v) is 11.0. The van der Waals surface area contributed by atoms with E-state index in [1.807, 2.05) is 19.9 Å². The first kappa shape index (κ1) is 21.2. The molecule has 0 bridgehead atoms. The van der Waals surface area contributed by atoms with Crippen molar-refractivity contribution < 1.29 is 8.42 Å². The Morgan fingerprint density at radius 3 is 2.34 bits per heavy atom. The largest absolute Gasteiger partial charge is 0.354 e. The average molecular weight is 452 g/mol. The van der Waals surface area contributed by atoms with Crippen molar-refractivity contribution in [2.24, 2.45) is 0 Å². The highest BCUT2D eigenvalue weighted by atomic mass is 35.5. The Balaban J connectivity index is 1.76. The fourth-order valence-electron chi connectivity index (χ4n) is 2.53. The molecule has 0 atom stereocenters. The van der Waals surface area contributed by atoms with Gasteiger partial charge in [-0.25, -0.2) is 13.4 Å². The quantitative estimate of drug-likeness (QED) is 0.463. The molecule has 3 rings (SSSR count). The molecule has 0 amide bonds. The summed E-state index contributed by atoms with van der Waals surface area (Å²) in [6.45, 7) is 4.57. The molecule has 1 aromatic heterocycles. The van der Waals surface area contributed by atoms with Gasteiger partial charge in [-0.3, -0.25) is 4.72 Å². The lowest BCUT2D eigenvalue weighted by Gasteiger charge is -2.12. The maximum atomic E-state index is 12.6. The zero-order valence-corrected chi connectivity index (χ0v) is 18.0. The minimum Gasteiger partial charge on any atom is -0.354 e. The van der Waals surface area contributed by atoms with Crippen LogP contribution in [0.1, 0.15) is 12.6 Å². The third-order valence-electron chi connectivity index (χ3n) is 3.78. The number of nitrogens with one attached hydrogen (secondary N) is 3. The van der Waals surface area contributed by atoms with Gasteiger partial charge in [-0.15, -0.1) is 0 Å². The zero-order chi connectivity index (χ0) is 21.0. The van der Waals surface area contributed by atoms with Gasteiger partial charge in [0.1, 0.15) is 10.7 Å². The van der Waals surface area contributed by atoms with Gasteiger partial charge in [0.15, 0.2) is 0 Å². The molecule has 0 saturated heterocycles. The molecule has 0 fully saturated rings. The molecule has 29 heavy (non-hydrogen) atoms. The minimum atomic E-state index is -3.87. The molecule has 0 aliphatic carbocycles. The van der Waals surface area contributed by atoms with Crippen LogP contribution < -0.4 is 15.4 Å². The van der Waals surface area contributed by atoms with Crippen LogP contribution in [-0.4, -0.2) is 24.9 Å². The first-order valence-electron chi connectivity index (χ1n) is 8.71. The van der Waals surface area contributed by atoms with E-state index in [0.717, 1.165) is 11.4 Å². The standard InChI is InChI=1S/C19H19Cl2N5O2S/c1-3-22-19-23-12(2)10-18(25-19)24-14-5-7-15(8-6-14)26-29(27,28)17-11-13(20)4-9-16(17)21/h4-11,26H,3H2,1-2H3,(H2,22,23,24,25). The number of aromatic nitrogens is 2. The summed E-state index contributed by atoms with van der Waals surface area (Å²) < 4.78 is 27.7. The highest BCUT2D eigenvalue weighted by Crippen LogP contribution is 2.27. The van der Waals surface area contributed by atoms with Crippen LogP contribution >= 0.6 is 23.2 Å². The normalized spacial score (nSPS) is 11.2. The number of sulfonamides is 1. The molecule has 3 N–H and O–H groups in total. The molecule has 7 nitrogen and oxygen atoms in total. The van der Waals surface area contributed by atoms with Gasteiger partial charge in [-0.1, -0.05) is 23.2 Å². The van der Waals surface area contributed by atoms with Crippen LogP contribution in [-0.2, 0) is 10.0 Å². The van der Waals surface area contributed by atoms with Gasteiger partial charge in [0.05, 0.1) is 5.02 Å². The maximum Gasteiger partial charge on any atom is 0.263 e. The topological polar surface area (TPSA) is 96.0 Å². The van der Waals surface area contributed by atoms with Crippen LogP contribution in [0.15, 0.2) is 53.4 Å². The summed E-state index contributed by atoms with van der Waals surface area (Å²) in [6, 6.07) is 12.8. The van der Waals surface area contributed by atoms with Crippen LogP contribution in [0.3, 0.4) is 0 Å². The second-order valence-corrected chi connectivity index (χ2v) is 8.63. The van der Waals surface area contributed by atoms with Gasteiger partial charge in [-0.05, 0) is 56.3 Å². The molecular formula is C19H19Cl2N5O2S. The lowest BCUT2D eigenvalue weighted by atomic mass is 10.3. The van der Waals surface area contributed by atoms with E-state index in [1.165, 1.54) is 18.2 Å². The third-order valence-corrected chi connectivity index (χ3v) is 5.88. The summed E-state index contributed by atoms with van der Waals surface area (Å²) in [4.78, 5) is 8.61. The van der Waals surface area contributed by atoms with Gasteiger partial charge in [0.2, 0.25) is 5.95 Å². The van der Waals surface area contributed by atoms with E-state index in [2.05, 4.69) is 25.3 Å². The van der Waals surface area contributed by atoms with Gasteiger partial charge in [0, 0.05) is 34.7 Å². The summed E-state index contributed by atoms with van der Waals surface area (Å²) in [6.07, 6.45) is 0. The minimum absolute atomic E-state index is 0.0821. The molecule has 0 spiro atoms. The van der Waals surface area contributed by atoms with Gasteiger partial charge < -0.3 is 10.6 Å². The highest BCUT2D eigenvalue weighted by Gasteiger charge is 2.18. The van der Waals surface area contributed by atoms with Crippen molar-refractivity contribution in [3.63, 3.8) is 0 Å². The van der Waals surface area contributed by atoms with E-state index in [0.29, 0.717) is 24.0 Å². The number of nitrogens with zero attached hydrogens (tertiary/aromatic N) is 2. The number of benzene rings is 2. The average Bonchev–Trinajstić information content (AvgIpc) is 2.65. The fourth-order valence-corrected chi connectivity index (χ4v) is 4.35. The molecule has 10 heteroatoms. The lowest BCUT2D eigenvalue weighted by Crippen LogP contribution is -2.13. The molecule has 1 heterocycles. The SMILES string of the molecule is CCNc1nc(C)cc(Nc2ccc(NS(=O)(=O)c3cc(Cl)ccc3Cl)cc2)n1. The van der Waals surface area contributed by atoms with Crippen molar-refractivity contribution in [3.8, 4) is 0 Å². The number of halogens is 2. The number of hydrogen-bond acceptors (Lipinski definition) is 6. The van der Waals surface area contributed by atoms with E-state index in [1.54, 1.807) is 24.3 Å².